The number of hydrogen-bond donors (Lipinski definition) is 1. The van der Waals surface area contributed by atoms with Crippen LogP contribution in [0.1, 0.15) is 43.0 Å². The predicted octanol–water partition coefficient (Wildman–Crippen LogP) is 2.64. The van der Waals surface area contributed by atoms with E-state index in [2.05, 4.69) is 4.90 Å². The second kappa shape index (κ2) is 6.75. The van der Waals surface area contributed by atoms with Crippen LogP contribution < -0.4 is 9.64 Å². The third-order valence-corrected chi connectivity index (χ3v) is 3.96. The van der Waals surface area contributed by atoms with E-state index in [1.54, 1.807) is 14.0 Å². The Hall–Kier alpha value is -1.55. The van der Waals surface area contributed by atoms with Crippen LogP contribution in [0.3, 0.4) is 0 Å². The molecule has 0 aromatic heterocycles. The molecule has 4 heteroatoms. The van der Waals surface area contributed by atoms with Crippen LogP contribution in [0.5, 0.6) is 5.75 Å². The Labute approximate surface area is 120 Å². The zero-order valence-electron chi connectivity index (χ0n) is 12.3. The lowest BCUT2D eigenvalue weighted by atomic mass is 10.0. The third-order valence-electron chi connectivity index (χ3n) is 3.96. The molecule has 20 heavy (non-hydrogen) atoms. The van der Waals surface area contributed by atoms with Gasteiger partial charge in [0.05, 0.1) is 18.4 Å². The maximum Gasteiger partial charge on any atom is 0.165 e. The summed E-state index contributed by atoms with van der Waals surface area (Å²) in [6.07, 6.45) is 4.02. The molecule has 0 bridgehead atoms. The van der Waals surface area contributed by atoms with Gasteiger partial charge in [-0.15, -0.1) is 0 Å². The van der Waals surface area contributed by atoms with Gasteiger partial charge in [-0.05, 0) is 44.7 Å². The van der Waals surface area contributed by atoms with E-state index in [1.165, 1.54) is 0 Å². The number of aliphatic hydroxyl groups excluding tert-OH is 1. The van der Waals surface area contributed by atoms with Crippen molar-refractivity contribution in [2.45, 2.75) is 38.6 Å². The second-order valence-corrected chi connectivity index (χ2v) is 5.27. The number of carbonyl (C=O) groups is 1. The molecule has 1 aliphatic heterocycles. The Balaban J connectivity index is 2.33. The highest BCUT2D eigenvalue weighted by atomic mass is 16.5. The van der Waals surface area contributed by atoms with Crippen LogP contribution >= 0.6 is 0 Å². The van der Waals surface area contributed by atoms with Crippen molar-refractivity contribution in [2.24, 2.45) is 0 Å². The van der Waals surface area contributed by atoms with E-state index in [-0.39, 0.29) is 12.4 Å². The van der Waals surface area contributed by atoms with Crippen LogP contribution in [0.25, 0.3) is 0 Å². The summed E-state index contributed by atoms with van der Waals surface area (Å²) in [6, 6.07) is 6.17. The lowest BCUT2D eigenvalue weighted by Crippen LogP contribution is -2.30. The first-order valence-electron chi connectivity index (χ1n) is 7.24. The second-order valence-electron chi connectivity index (χ2n) is 5.27. The van der Waals surface area contributed by atoms with Crippen molar-refractivity contribution in [3.63, 3.8) is 0 Å². The molecule has 1 saturated heterocycles. The lowest BCUT2D eigenvalue weighted by molar-refractivity contribution is 0.101. The third kappa shape index (κ3) is 2.96. The van der Waals surface area contributed by atoms with E-state index in [0.717, 1.165) is 37.9 Å². The molecule has 0 saturated carbocycles. The fourth-order valence-corrected chi connectivity index (χ4v) is 3.06. The smallest absolute Gasteiger partial charge is 0.165 e. The van der Waals surface area contributed by atoms with Crippen molar-refractivity contribution in [3.8, 4) is 5.75 Å². The molecule has 1 aromatic rings. The van der Waals surface area contributed by atoms with Gasteiger partial charge in [0.25, 0.3) is 0 Å². The van der Waals surface area contributed by atoms with Crippen molar-refractivity contribution < 1.29 is 14.6 Å². The summed E-state index contributed by atoms with van der Waals surface area (Å²) in [5.74, 6) is 0.674. The quantitative estimate of drug-likeness (QED) is 0.812. The standard InChI is InChI=1S/C16H23NO3/c1-12(19)16-14(8-3-9-15(16)20-2)17-10-4-6-13(17)7-5-11-18/h3,8-9,13,18H,4-7,10-11H2,1-2H3. The largest absolute Gasteiger partial charge is 0.496 e. The SMILES string of the molecule is COc1cccc(N2CCCC2CCCO)c1C(C)=O. The molecule has 110 valence electrons. The van der Waals surface area contributed by atoms with Crippen molar-refractivity contribution in [1.82, 2.24) is 0 Å². The molecule has 0 spiro atoms. The van der Waals surface area contributed by atoms with Crippen molar-refractivity contribution >= 4 is 11.5 Å². The number of methoxy groups -OCH3 is 1. The zero-order valence-corrected chi connectivity index (χ0v) is 12.3. The van der Waals surface area contributed by atoms with E-state index in [4.69, 9.17) is 9.84 Å². The zero-order chi connectivity index (χ0) is 14.5. The number of Topliss-reactive ketones (excluding diaryl/α,β-unsaturated/α-hetero) is 1. The van der Waals surface area contributed by atoms with Crippen molar-refractivity contribution in [1.29, 1.82) is 0 Å². The molecule has 1 heterocycles. The summed E-state index contributed by atoms with van der Waals surface area (Å²) >= 11 is 0. The lowest BCUT2D eigenvalue weighted by Gasteiger charge is -2.29. The Morgan fingerprint density at radius 3 is 2.95 bits per heavy atom. The summed E-state index contributed by atoms with van der Waals surface area (Å²) in [7, 11) is 1.60. The van der Waals surface area contributed by atoms with Crippen LogP contribution in [-0.2, 0) is 0 Å². The number of nitrogens with zero attached hydrogens (tertiary/aromatic N) is 1. The Bertz CT molecular complexity index is 473. The summed E-state index contributed by atoms with van der Waals surface area (Å²) in [5, 5.41) is 9.02. The number of anilines is 1. The highest BCUT2D eigenvalue weighted by molar-refractivity contribution is 6.02. The Kier molecular flexibility index (Phi) is 5.01. The number of benzene rings is 1. The van der Waals surface area contributed by atoms with E-state index in [9.17, 15) is 4.79 Å². The normalized spacial score (nSPS) is 18.4. The van der Waals surface area contributed by atoms with Crippen molar-refractivity contribution in [3.05, 3.63) is 23.8 Å². The van der Waals surface area contributed by atoms with Gasteiger partial charge in [0.2, 0.25) is 0 Å². The van der Waals surface area contributed by atoms with Gasteiger partial charge in [-0.1, -0.05) is 6.07 Å². The molecule has 1 unspecified atom stereocenters. The molecule has 4 nitrogen and oxygen atoms in total. The molecular weight excluding hydrogens is 254 g/mol. The molecule has 1 fully saturated rings. The van der Waals surface area contributed by atoms with Gasteiger partial charge in [0, 0.05) is 19.2 Å². The molecule has 0 amide bonds. The Morgan fingerprint density at radius 2 is 2.30 bits per heavy atom. The first-order chi connectivity index (χ1) is 9.69. The van der Waals surface area contributed by atoms with Crippen LogP contribution in [0, 0.1) is 0 Å². The molecule has 1 aromatic carbocycles. The highest BCUT2D eigenvalue weighted by Crippen LogP contribution is 2.35. The van der Waals surface area contributed by atoms with Crippen LogP contribution in [0.15, 0.2) is 18.2 Å². The molecule has 1 N–H and O–H groups in total. The average Bonchev–Trinajstić information content (AvgIpc) is 2.92. The molecule has 0 radical (unpaired) electrons. The minimum atomic E-state index is 0.0326. The van der Waals surface area contributed by atoms with Crippen molar-refractivity contribution in [2.75, 3.05) is 25.2 Å². The van der Waals surface area contributed by atoms with E-state index < -0.39 is 0 Å². The van der Waals surface area contributed by atoms with Gasteiger partial charge in [0.1, 0.15) is 5.75 Å². The first kappa shape index (κ1) is 14.9. The number of ketones is 1. The highest BCUT2D eigenvalue weighted by Gasteiger charge is 2.28. The molecule has 0 aliphatic carbocycles. The number of carbonyl (C=O) groups excluding carboxylic acids is 1. The summed E-state index contributed by atoms with van der Waals surface area (Å²) in [4.78, 5) is 14.3. The molecule has 1 aliphatic rings. The van der Waals surface area contributed by atoms with Crippen LogP contribution in [-0.4, -0.2) is 37.2 Å². The molecule has 2 rings (SSSR count). The minimum absolute atomic E-state index is 0.0326. The maximum absolute atomic E-state index is 12.0. The monoisotopic (exact) mass is 277 g/mol. The van der Waals surface area contributed by atoms with Gasteiger partial charge in [-0.25, -0.2) is 0 Å². The number of rotatable bonds is 6. The molecular formula is C16H23NO3. The van der Waals surface area contributed by atoms with E-state index >= 15 is 0 Å². The minimum Gasteiger partial charge on any atom is -0.496 e. The maximum atomic E-state index is 12.0. The Morgan fingerprint density at radius 1 is 1.50 bits per heavy atom. The summed E-state index contributed by atoms with van der Waals surface area (Å²) < 4.78 is 5.34. The topological polar surface area (TPSA) is 49.8 Å². The van der Waals surface area contributed by atoms with Gasteiger partial charge < -0.3 is 14.7 Å². The summed E-state index contributed by atoms with van der Waals surface area (Å²) in [6.45, 7) is 2.77. The van der Waals surface area contributed by atoms with Gasteiger partial charge in [0.15, 0.2) is 5.78 Å². The van der Waals surface area contributed by atoms with E-state index in [1.807, 2.05) is 18.2 Å². The fraction of sp³-hybridized carbons (Fsp3) is 0.562. The van der Waals surface area contributed by atoms with Gasteiger partial charge >= 0.3 is 0 Å². The van der Waals surface area contributed by atoms with Crippen LogP contribution in [0.2, 0.25) is 0 Å². The fourth-order valence-electron chi connectivity index (χ4n) is 3.06. The van der Waals surface area contributed by atoms with Crippen LogP contribution in [0.4, 0.5) is 5.69 Å². The number of hydrogen-bond acceptors (Lipinski definition) is 4. The van der Waals surface area contributed by atoms with Gasteiger partial charge in [-0.3, -0.25) is 4.79 Å². The summed E-state index contributed by atoms with van der Waals surface area (Å²) in [5.41, 5.74) is 1.64. The van der Waals surface area contributed by atoms with Gasteiger partial charge in [-0.2, -0.15) is 0 Å². The molecule has 1 atom stereocenters. The van der Waals surface area contributed by atoms with E-state index in [0.29, 0.717) is 17.4 Å². The number of ether oxygens (including phenoxy) is 1. The number of aliphatic hydroxyl groups is 1. The first-order valence-corrected chi connectivity index (χ1v) is 7.24. The average molecular weight is 277 g/mol. The predicted molar refractivity (Wildman–Crippen MR) is 79.7 cm³/mol.